The van der Waals surface area contributed by atoms with Crippen LogP contribution in [0.1, 0.15) is 16.8 Å². The molecule has 0 saturated carbocycles. The zero-order valence-electron chi connectivity index (χ0n) is 17.1. The molecule has 0 unspecified atom stereocenters. The molecule has 166 valence electrons. The Balaban J connectivity index is 1.65. The predicted octanol–water partition coefficient (Wildman–Crippen LogP) is 1.95. The molecule has 8 nitrogen and oxygen atoms in total. The molecule has 1 N–H and O–H groups in total. The first kappa shape index (κ1) is 22.9. The normalized spacial score (nSPS) is 15.8. The molecule has 1 heterocycles. The Morgan fingerprint density at radius 3 is 2.45 bits per heavy atom. The van der Waals surface area contributed by atoms with Gasteiger partial charge in [-0.2, -0.15) is 4.31 Å². The second kappa shape index (κ2) is 9.99. The number of rotatable bonds is 6. The van der Waals surface area contributed by atoms with Gasteiger partial charge in [-0.1, -0.05) is 12.1 Å². The molecule has 2 aromatic rings. The van der Waals surface area contributed by atoms with Gasteiger partial charge in [0.05, 0.1) is 24.1 Å². The molecule has 1 saturated heterocycles. The third kappa shape index (κ3) is 5.66. The molecule has 1 amide bonds. The fourth-order valence-electron chi connectivity index (χ4n) is 3.39. The summed E-state index contributed by atoms with van der Waals surface area (Å²) in [6, 6.07) is 11.4. The van der Waals surface area contributed by atoms with Crippen LogP contribution in [0.2, 0.25) is 0 Å². The van der Waals surface area contributed by atoms with Crippen LogP contribution in [0.15, 0.2) is 53.4 Å². The standard InChI is InChI=1S/C21H24FN3O5S/c1-30-21(27)18-5-2-3-6-19(18)31(28,29)25-12-4-11-24(13-14-25)15-20(26)23-17-9-7-16(22)8-10-17/h2-3,5-10H,4,11-15H2,1H3,(H,23,26). The second-order valence-electron chi connectivity index (χ2n) is 7.08. The molecule has 3 rings (SSSR count). The number of nitrogens with zero attached hydrogens (tertiary/aromatic N) is 2. The van der Waals surface area contributed by atoms with Crippen LogP contribution in [0, 0.1) is 5.82 Å². The number of halogens is 1. The number of hydrogen-bond donors (Lipinski definition) is 1. The molecule has 0 bridgehead atoms. The summed E-state index contributed by atoms with van der Waals surface area (Å²) in [4.78, 5) is 26.1. The van der Waals surface area contributed by atoms with Gasteiger partial charge >= 0.3 is 5.97 Å². The van der Waals surface area contributed by atoms with Gasteiger partial charge in [0.2, 0.25) is 15.9 Å². The summed E-state index contributed by atoms with van der Waals surface area (Å²) in [6.45, 7) is 1.44. The van der Waals surface area contributed by atoms with Crippen LogP contribution in [0.5, 0.6) is 0 Å². The molecule has 1 fully saturated rings. The van der Waals surface area contributed by atoms with Crippen molar-refractivity contribution in [2.45, 2.75) is 11.3 Å². The molecule has 31 heavy (non-hydrogen) atoms. The van der Waals surface area contributed by atoms with Crippen molar-refractivity contribution >= 4 is 27.6 Å². The van der Waals surface area contributed by atoms with Crippen LogP contribution < -0.4 is 5.32 Å². The van der Waals surface area contributed by atoms with E-state index in [4.69, 9.17) is 4.74 Å². The number of benzene rings is 2. The van der Waals surface area contributed by atoms with Gasteiger partial charge in [-0.3, -0.25) is 9.69 Å². The smallest absolute Gasteiger partial charge is 0.339 e. The average Bonchev–Trinajstić information content (AvgIpc) is 3.01. The molecule has 0 aromatic heterocycles. The van der Waals surface area contributed by atoms with Crippen molar-refractivity contribution in [3.63, 3.8) is 0 Å². The number of hydrogen-bond acceptors (Lipinski definition) is 6. The highest BCUT2D eigenvalue weighted by Crippen LogP contribution is 2.22. The van der Waals surface area contributed by atoms with Crippen LogP contribution in [0.4, 0.5) is 10.1 Å². The summed E-state index contributed by atoms with van der Waals surface area (Å²) < 4.78 is 45.4. The predicted molar refractivity (Wildman–Crippen MR) is 113 cm³/mol. The van der Waals surface area contributed by atoms with Gasteiger partial charge < -0.3 is 10.1 Å². The monoisotopic (exact) mass is 449 g/mol. The van der Waals surface area contributed by atoms with Gasteiger partial charge in [0.1, 0.15) is 5.82 Å². The van der Waals surface area contributed by atoms with E-state index in [1.54, 1.807) is 12.1 Å². The van der Waals surface area contributed by atoms with Crippen molar-refractivity contribution in [3.8, 4) is 0 Å². The van der Waals surface area contributed by atoms with Gasteiger partial charge in [-0.25, -0.2) is 17.6 Å². The lowest BCUT2D eigenvalue weighted by Crippen LogP contribution is -2.38. The zero-order valence-corrected chi connectivity index (χ0v) is 17.9. The first-order valence-corrected chi connectivity index (χ1v) is 11.2. The molecule has 0 spiro atoms. The minimum absolute atomic E-state index is 0.00946. The fourth-order valence-corrected chi connectivity index (χ4v) is 5.04. The molecule has 2 aromatic carbocycles. The van der Waals surface area contributed by atoms with E-state index in [1.807, 2.05) is 4.90 Å². The molecule has 1 aliphatic heterocycles. The summed E-state index contributed by atoms with van der Waals surface area (Å²) in [5.41, 5.74) is 0.481. The Kier molecular flexibility index (Phi) is 7.37. The Morgan fingerprint density at radius 2 is 1.74 bits per heavy atom. The SMILES string of the molecule is COC(=O)c1ccccc1S(=O)(=O)N1CCCN(CC(=O)Nc2ccc(F)cc2)CC1. The molecule has 10 heteroatoms. The van der Waals surface area contributed by atoms with Crippen LogP contribution in [-0.4, -0.2) is 69.3 Å². The van der Waals surface area contributed by atoms with E-state index in [2.05, 4.69) is 5.32 Å². The Labute approximate surface area is 180 Å². The number of anilines is 1. The molecule has 0 aliphatic carbocycles. The number of ether oxygens (including phenoxy) is 1. The minimum Gasteiger partial charge on any atom is -0.465 e. The van der Waals surface area contributed by atoms with Crippen molar-refractivity contribution in [1.29, 1.82) is 0 Å². The van der Waals surface area contributed by atoms with Crippen molar-refractivity contribution < 1.29 is 27.1 Å². The topological polar surface area (TPSA) is 96.0 Å². The van der Waals surface area contributed by atoms with Crippen LogP contribution >= 0.6 is 0 Å². The van der Waals surface area contributed by atoms with Crippen molar-refractivity contribution in [1.82, 2.24) is 9.21 Å². The maximum absolute atomic E-state index is 13.2. The quantitative estimate of drug-likeness (QED) is 0.678. The Hall–Kier alpha value is -2.82. The van der Waals surface area contributed by atoms with Crippen molar-refractivity contribution in [2.75, 3.05) is 45.2 Å². The van der Waals surface area contributed by atoms with E-state index in [1.165, 1.54) is 47.8 Å². The molecule has 0 atom stereocenters. The second-order valence-corrected chi connectivity index (χ2v) is 8.98. The first-order valence-electron chi connectivity index (χ1n) is 9.76. The lowest BCUT2D eigenvalue weighted by atomic mass is 10.2. The van der Waals surface area contributed by atoms with Gasteiger partial charge in [0, 0.05) is 25.3 Å². The van der Waals surface area contributed by atoms with E-state index in [0.29, 0.717) is 25.2 Å². The maximum atomic E-state index is 13.2. The van der Waals surface area contributed by atoms with Crippen molar-refractivity contribution in [3.05, 3.63) is 59.9 Å². The number of sulfonamides is 1. The number of carbonyl (C=O) groups is 2. The van der Waals surface area contributed by atoms with Gasteiger partial charge in [0.25, 0.3) is 0 Å². The summed E-state index contributed by atoms with van der Waals surface area (Å²) in [6.07, 6.45) is 0.531. The van der Waals surface area contributed by atoms with Gasteiger partial charge in [0.15, 0.2) is 0 Å². The summed E-state index contributed by atoms with van der Waals surface area (Å²) in [5.74, 6) is -1.37. The van der Waals surface area contributed by atoms with E-state index in [9.17, 15) is 22.4 Å². The molecular weight excluding hydrogens is 425 g/mol. The number of amides is 1. The molecular formula is C21H24FN3O5S. The number of esters is 1. The molecule has 0 radical (unpaired) electrons. The van der Waals surface area contributed by atoms with Crippen LogP contribution in [0.3, 0.4) is 0 Å². The summed E-state index contributed by atoms with van der Waals surface area (Å²) >= 11 is 0. The molecule has 1 aliphatic rings. The van der Waals surface area contributed by atoms with E-state index < -0.39 is 16.0 Å². The largest absolute Gasteiger partial charge is 0.465 e. The lowest BCUT2D eigenvalue weighted by molar-refractivity contribution is -0.117. The fraction of sp³-hybridized carbons (Fsp3) is 0.333. The van der Waals surface area contributed by atoms with E-state index in [0.717, 1.165) is 0 Å². The number of nitrogens with one attached hydrogen (secondary N) is 1. The Morgan fingerprint density at radius 1 is 1.03 bits per heavy atom. The highest BCUT2D eigenvalue weighted by Gasteiger charge is 2.31. The average molecular weight is 450 g/mol. The third-order valence-electron chi connectivity index (χ3n) is 4.95. The first-order chi connectivity index (χ1) is 14.8. The Bertz CT molecular complexity index is 1040. The summed E-state index contributed by atoms with van der Waals surface area (Å²) in [7, 11) is -2.70. The number of carbonyl (C=O) groups excluding carboxylic acids is 2. The van der Waals surface area contributed by atoms with Crippen molar-refractivity contribution in [2.24, 2.45) is 0 Å². The van der Waals surface area contributed by atoms with E-state index >= 15 is 0 Å². The van der Waals surface area contributed by atoms with E-state index in [-0.39, 0.29) is 41.8 Å². The van der Waals surface area contributed by atoms with Crippen LogP contribution in [-0.2, 0) is 19.6 Å². The zero-order chi connectivity index (χ0) is 22.4. The van der Waals surface area contributed by atoms with Crippen LogP contribution in [0.25, 0.3) is 0 Å². The summed E-state index contributed by atoms with van der Waals surface area (Å²) in [5, 5.41) is 2.70. The minimum atomic E-state index is -3.91. The highest BCUT2D eigenvalue weighted by atomic mass is 32.2. The number of methoxy groups -OCH3 is 1. The third-order valence-corrected chi connectivity index (χ3v) is 6.91. The maximum Gasteiger partial charge on any atom is 0.339 e. The van der Waals surface area contributed by atoms with Gasteiger partial charge in [-0.05, 0) is 49.4 Å². The highest BCUT2D eigenvalue weighted by molar-refractivity contribution is 7.89. The van der Waals surface area contributed by atoms with Gasteiger partial charge in [-0.15, -0.1) is 0 Å². The lowest BCUT2D eigenvalue weighted by Gasteiger charge is -2.22.